The second kappa shape index (κ2) is 5.25. The van der Waals surface area contributed by atoms with E-state index in [1.165, 1.54) is 21.3 Å². The maximum absolute atomic E-state index is 10.7. The molecule has 0 atom stereocenters. The first-order chi connectivity index (χ1) is 5.58. The summed E-state index contributed by atoms with van der Waals surface area (Å²) in [7, 11) is 1.68. The van der Waals surface area contributed by atoms with Crippen LogP contribution in [0, 0.1) is 0 Å². The Balaban J connectivity index is 3.80. The summed E-state index contributed by atoms with van der Waals surface area (Å²) in [5.74, 6) is -0.442. The zero-order valence-electron chi connectivity index (χ0n) is 7.75. The Morgan fingerprint density at radius 2 is 1.75 bits per heavy atom. The van der Waals surface area contributed by atoms with E-state index in [2.05, 4.69) is 4.74 Å². The van der Waals surface area contributed by atoms with Gasteiger partial charge < -0.3 is 18.0 Å². The SMILES string of the molecule is COC(=O)CO[Si](C)(OC)OC. The monoisotopic (exact) mass is 194 g/mol. The summed E-state index contributed by atoms with van der Waals surface area (Å²) in [6.45, 7) is 1.55. The van der Waals surface area contributed by atoms with Crippen molar-refractivity contribution >= 4 is 14.8 Å². The van der Waals surface area contributed by atoms with Crippen molar-refractivity contribution in [3.8, 4) is 0 Å². The van der Waals surface area contributed by atoms with Crippen LogP contribution in [0.1, 0.15) is 0 Å². The van der Waals surface area contributed by atoms with Crippen molar-refractivity contribution < 1.29 is 22.8 Å². The number of carbonyl (C=O) groups is 1. The number of esters is 1. The molecule has 0 aliphatic heterocycles. The molecule has 0 amide bonds. The molecule has 5 nitrogen and oxygen atoms in total. The first-order valence-electron chi connectivity index (χ1n) is 3.39. The predicted molar refractivity (Wildman–Crippen MR) is 43.6 cm³/mol. The summed E-state index contributed by atoms with van der Waals surface area (Å²) in [4.78, 5) is 10.7. The smallest absolute Gasteiger partial charge is 0.467 e. The van der Waals surface area contributed by atoms with E-state index in [4.69, 9.17) is 13.3 Å². The van der Waals surface area contributed by atoms with Crippen LogP contribution >= 0.6 is 0 Å². The molecule has 0 bridgehead atoms. The van der Waals surface area contributed by atoms with Crippen LogP contribution in [0.5, 0.6) is 0 Å². The highest BCUT2D eigenvalue weighted by molar-refractivity contribution is 6.59. The van der Waals surface area contributed by atoms with Crippen LogP contribution in [0.4, 0.5) is 0 Å². The van der Waals surface area contributed by atoms with Gasteiger partial charge >= 0.3 is 14.8 Å². The molecule has 0 heterocycles. The van der Waals surface area contributed by atoms with Gasteiger partial charge in [0.25, 0.3) is 0 Å². The molecule has 0 N–H and O–H groups in total. The van der Waals surface area contributed by atoms with E-state index in [0.29, 0.717) is 0 Å². The van der Waals surface area contributed by atoms with E-state index in [1.54, 1.807) is 6.55 Å². The van der Waals surface area contributed by atoms with E-state index >= 15 is 0 Å². The van der Waals surface area contributed by atoms with Gasteiger partial charge in [0.2, 0.25) is 0 Å². The van der Waals surface area contributed by atoms with Crippen molar-refractivity contribution in [2.45, 2.75) is 6.55 Å². The first kappa shape index (κ1) is 11.6. The largest absolute Gasteiger partial charge is 0.497 e. The van der Waals surface area contributed by atoms with Crippen LogP contribution in [0.15, 0.2) is 0 Å². The fraction of sp³-hybridized carbons (Fsp3) is 0.833. The van der Waals surface area contributed by atoms with Gasteiger partial charge in [0.05, 0.1) is 7.11 Å². The first-order valence-corrected chi connectivity index (χ1v) is 5.61. The molecular weight excluding hydrogens is 180 g/mol. The predicted octanol–water partition coefficient (Wildman–Crippen LogP) is 0.0375. The van der Waals surface area contributed by atoms with Crippen LogP contribution in [-0.2, 0) is 22.8 Å². The number of carbonyl (C=O) groups excluding carboxylic acids is 1. The summed E-state index contributed by atoms with van der Waals surface area (Å²) in [6.07, 6.45) is 0. The zero-order valence-corrected chi connectivity index (χ0v) is 8.75. The Morgan fingerprint density at radius 3 is 2.08 bits per heavy atom. The Labute approximate surface area is 72.9 Å². The van der Waals surface area contributed by atoms with Gasteiger partial charge in [-0.3, -0.25) is 0 Å². The van der Waals surface area contributed by atoms with Crippen molar-refractivity contribution in [2.24, 2.45) is 0 Å². The highest BCUT2D eigenvalue weighted by atomic mass is 28.4. The highest BCUT2D eigenvalue weighted by Gasteiger charge is 2.32. The molecule has 0 unspecified atom stereocenters. The average Bonchev–Trinajstić information content (AvgIpc) is 2.13. The van der Waals surface area contributed by atoms with Crippen LogP contribution in [0.25, 0.3) is 0 Å². The fourth-order valence-electron chi connectivity index (χ4n) is 0.450. The lowest BCUT2D eigenvalue weighted by Crippen LogP contribution is -2.41. The van der Waals surface area contributed by atoms with Gasteiger partial charge in [-0.15, -0.1) is 0 Å². The number of hydrogen-bond donors (Lipinski definition) is 0. The lowest BCUT2D eigenvalue weighted by molar-refractivity contribution is -0.144. The van der Waals surface area contributed by atoms with Crippen molar-refractivity contribution in [3.05, 3.63) is 0 Å². The van der Waals surface area contributed by atoms with Gasteiger partial charge in [-0.1, -0.05) is 0 Å². The number of ether oxygens (including phenoxy) is 1. The van der Waals surface area contributed by atoms with E-state index in [1.807, 2.05) is 0 Å². The molecule has 0 aromatic rings. The van der Waals surface area contributed by atoms with E-state index in [-0.39, 0.29) is 6.61 Å². The van der Waals surface area contributed by atoms with Crippen molar-refractivity contribution in [2.75, 3.05) is 27.9 Å². The van der Waals surface area contributed by atoms with Crippen LogP contribution in [0.2, 0.25) is 6.55 Å². The Kier molecular flexibility index (Phi) is 5.06. The van der Waals surface area contributed by atoms with E-state index in [9.17, 15) is 4.79 Å². The lowest BCUT2D eigenvalue weighted by Gasteiger charge is -2.20. The molecule has 0 fully saturated rings. The van der Waals surface area contributed by atoms with Gasteiger partial charge in [-0.05, 0) is 0 Å². The molecular formula is C6H14O5Si. The minimum absolute atomic E-state index is 0.138. The maximum Gasteiger partial charge on any atom is 0.497 e. The van der Waals surface area contributed by atoms with E-state index < -0.39 is 14.8 Å². The standard InChI is InChI=1S/C6H14O5Si/c1-8-6(7)5-11-12(4,9-2)10-3/h5H2,1-4H3. The molecule has 0 saturated carbocycles. The van der Waals surface area contributed by atoms with Crippen molar-refractivity contribution in [3.63, 3.8) is 0 Å². The summed E-state index contributed by atoms with van der Waals surface area (Å²) in [5, 5.41) is 0. The van der Waals surface area contributed by atoms with Crippen molar-refractivity contribution in [1.29, 1.82) is 0 Å². The summed E-state index contributed by atoms with van der Waals surface area (Å²) < 4.78 is 19.4. The summed E-state index contributed by atoms with van der Waals surface area (Å²) in [5.41, 5.74) is 0. The van der Waals surface area contributed by atoms with E-state index in [0.717, 1.165) is 0 Å². The molecule has 0 rings (SSSR count). The zero-order chi connectivity index (χ0) is 9.61. The highest BCUT2D eigenvalue weighted by Crippen LogP contribution is 2.05. The van der Waals surface area contributed by atoms with Gasteiger partial charge in [-0.2, -0.15) is 0 Å². The normalized spacial score (nSPS) is 11.3. The van der Waals surface area contributed by atoms with Crippen LogP contribution < -0.4 is 0 Å². The fourth-order valence-corrected chi connectivity index (χ4v) is 1.23. The third-order valence-electron chi connectivity index (χ3n) is 1.42. The van der Waals surface area contributed by atoms with Gasteiger partial charge in [0, 0.05) is 20.8 Å². The van der Waals surface area contributed by atoms with Gasteiger partial charge in [-0.25, -0.2) is 4.79 Å². The minimum atomic E-state index is -2.58. The summed E-state index contributed by atoms with van der Waals surface area (Å²) in [6, 6.07) is 0. The molecule has 0 saturated heterocycles. The molecule has 0 aliphatic rings. The second-order valence-electron chi connectivity index (χ2n) is 2.14. The average molecular weight is 194 g/mol. The van der Waals surface area contributed by atoms with Crippen LogP contribution in [0.3, 0.4) is 0 Å². The third kappa shape index (κ3) is 3.81. The minimum Gasteiger partial charge on any atom is -0.467 e. The number of rotatable bonds is 5. The Bertz CT molecular complexity index is 145. The molecule has 0 spiro atoms. The molecule has 0 aromatic heterocycles. The quantitative estimate of drug-likeness (QED) is 0.457. The second-order valence-corrected chi connectivity index (χ2v) is 4.97. The molecule has 0 aromatic carbocycles. The Hall–Kier alpha value is -0.433. The summed E-state index contributed by atoms with van der Waals surface area (Å²) >= 11 is 0. The Morgan fingerprint density at radius 1 is 1.25 bits per heavy atom. The molecule has 0 aliphatic carbocycles. The maximum atomic E-state index is 10.7. The molecule has 0 radical (unpaired) electrons. The van der Waals surface area contributed by atoms with Gasteiger partial charge in [0.15, 0.2) is 0 Å². The lowest BCUT2D eigenvalue weighted by atomic mass is 10.8. The number of methoxy groups -OCH3 is 1. The molecule has 6 heteroatoms. The van der Waals surface area contributed by atoms with Crippen molar-refractivity contribution in [1.82, 2.24) is 0 Å². The number of hydrogen-bond acceptors (Lipinski definition) is 5. The molecule has 72 valence electrons. The van der Waals surface area contributed by atoms with Crippen LogP contribution in [-0.4, -0.2) is 42.7 Å². The third-order valence-corrected chi connectivity index (χ3v) is 3.57. The topological polar surface area (TPSA) is 54.0 Å². The van der Waals surface area contributed by atoms with Gasteiger partial charge in [0.1, 0.15) is 6.61 Å². The molecule has 12 heavy (non-hydrogen) atoms.